The maximum atomic E-state index is 5.92. The van der Waals surface area contributed by atoms with Crippen molar-refractivity contribution < 1.29 is 0 Å². The molecular formula is C9H15N3. The Hall–Kier alpha value is -0.960. The fourth-order valence-electron chi connectivity index (χ4n) is 1.79. The van der Waals surface area contributed by atoms with Gasteiger partial charge in [0.2, 0.25) is 0 Å². The Morgan fingerprint density at radius 2 is 2.42 bits per heavy atom. The molecule has 0 saturated heterocycles. The van der Waals surface area contributed by atoms with Crippen molar-refractivity contribution in [3.8, 4) is 0 Å². The highest BCUT2D eigenvalue weighted by Gasteiger charge is 2.23. The molecule has 3 nitrogen and oxygen atoms in total. The van der Waals surface area contributed by atoms with Gasteiger partial charge in [-0.05, 0) is 31.4 Å². The number of rotatable bonds is 2. The normalized spacial score (nSPS) is 29.1. The van der Waals surface area contributed by atoms with E-state index in [1.165, 1.54) is 12.8 Å². The van der Waals surface area contributed by atoms with Crippen LogP contribution in [0.25, 0.3) is 0 Å². The van der Waals surface area contributed by atoms with Crippen LogP contribution >= 0.6 is 0 Å². The zero-order valence-electron chi connectivity index (χ0n) is 7.09. The highest BCUT2D eigenvalue weighted by molar-refractivity contribution is 5.36. The van der Waals surface area contributed by atoms with Gasteiger partial charge >= 0.3 is 0 Å². The number of nitrogens with one attached hydrogen (secondary N) is 2. The van der Waals surface area contributed by atoms with E-state index < -0.39 is 0 Å². The van der Waals surface area contributed by atoms with E-state index in [2.05, 4.69) is 10.3 Å². The first-order valence-corrected chi connectivity index (χ1v) is 4.52. The SMILES string of the molecule is NC1CCCC1Nc1ccc[nH]1. The Morgan fingerprint density at radius 1 is 1.50 bits per heavy atom. The third-order valence-electron chi connectivity index (χ3n) is 2.51. The van der Waals surface area contributed by atoms with Gasteiger partial charge in [-0.15, -0.1) is 0 Å². The van der Waals surface area contributed by atoms with E-state index in [0.29, 0.717) is 12.1 Å². The summed E-state index contributed by atoms with van der Waals surface area (Å²) in [5.74, 6) is 1.08. The third-order valence-corrected chi connectivity index (χ3v) is 2.51. The summed E-state index contributed by atoms with van der Waals surface area (Å²) in [6.45, 7) is 0. The summed E-state index contributed by atoms with van der Waals surface area (Å²) in [7, 11) is 0. The van der Waals surface area contributed by atoms with Crippen molar-refractivity contribution in [1.82, 2.24) is 4.98 Å². The minimum Gasteiger partial charge on any atom is -0.367 e. The lowest BCUT2D eigenvalue weighted by molar-refractivity contribution is 0.636. The summed E-state index contributed by atoms with van der Waals surface area (Å²) in [5, 5.41) is 3.39. The lowest BCUT2D eigenvalue weighted by Gasteiger charge is -2.16. The average Bonchev–Trinajstić information content (AvgIpc) is 2.65. The maximum absolute atomic E-state index is 5.92. The van der Waals surface area contributed by atoms with E-state index in [1.54, 1.807) is 0 Å². The molecule has 3 heteroatoms. The van der Waals surface area contributed by atoms with E-state index in [9.17, 15) is 0 Å². The lowest BCUT2D eigenvalue weighted by Crippen LogP contribution is -2.35. The summed E-state index contributed by atoms with van der Waals surface area (Å²) in [6.07, 6.45) is 5.51. The van der Waals surface area contributed by atoms with Crippen LogP contribution in [0, 0.1) is 0 Å². The van der Waals surface area contributed by atoms with Crippen molar-refractivity contribution in [2.75, 3.05) is 5.32 Å². The first-order chi connectivity index (χ1) is 5.86. The fraction of sp³-hybridized carbons (Fsp3) is 0.556. The minimum atomic E-state index is 0.327. The van der Waals surface area contributed by atoms with Gasteiger partial charge in [-0.2, -0.15) is 0 Å². The van der Waals surface area contributed by atoms with Gasteiger partial charge in [0.25, 0.3) is 0 Å². The van der Waals surface area contributed by atoms with Gasteiger partial charge in [0.1, 0.15) is 5.82 Å². The lowest BCUT2D eigenvalue weighted by atomic mass is 10.2. The van der Waals surface area contributed by atoms with Gasteiger partial charge in [0, 0.05) is 18.3 Å². The van der Waals surface area contributed by atoms with Crippen LogP contribution in [-0.4, -0.2) is 17.1 Å². The van der Waals surface area contributed by atoms with Crippen LogP contribution in [0.1, 0.15) is 19.3 Å². The summed E-state index contributed by atoms with van der Waals surface area (Å²) in [6, 6.07) is 4.81. The second-order valence-corrected chi connectivity index (χ2v) is 3.43. The van der Waals surface area contributed by atoms with Crippen molar-refractivity contribution in [3.63, 3.8) is 0 Å². The molecule has 4 N–H and O–H groups in total. The summed E-state index contributed by atoms with van der Waals surface area (Å²) < 4.78 is 0. The number of aromatic nitrogens is 1. The highest BCUT2D eigenvalue weighted by atomic mass is 15.0. The predicted molar refractivity (Wildman–Crippen MR) is 50.0 cm³/mol. The highest BCUT2D eigenvalue weighted by Crippen LogP contribution is 2.20. The predicted octanol–water partition coefficient (Wildman–Crippen LogP) is 1.31. The first-order valence-electron chi connectivity index (χ1n) is 4.52. The van der Waals surface area contributed by atoms with Crippen molar-refractivity contribution in [3.05, 3.63) is 18.3 Å². The topological polar surface area (TPSA) is 53.8 Å². The van der Waals surface area contributed by atoms with E-state index in [0.717, 1.165) is 12.2 Å². The molecule has 0 spiro atoms. The fourth-order valence-corrected chi connectivity index (χ4v) is 1.79. The zero-order valence-corrected chi connectivity index (χ0v) is 7.09. The van der Waals surface area contributed by atoms with Gasteiger partial charge in [-0.3, -0.25) is 0 Å². The quantitative estimate of drug-likeness (QED) is 0.618. The second-order valence-electron chi connectivity index (χ2n) is 3.43. The molecule has 0 aliphatic heterocycles. The molecule has 2 rings (SSSR count). The van der Waals surface area contributed by atoms with E-state index >= 15 is 0 Å². The summed E-state index contributed by atoms with van der Waals surface area (Å²) in [4.78, 5) is 3.12. The molecule has 1 aliphatic rings. The Labute approximate surface area is 72.3 Å². The van der Waals surface area contributed by atoms with Crippen LogP contribution < -0.4 is 11.1 Å². The van der Waals surface area contributed by atoms with Crippen molar-refractivity contribution in [2.45, 2.75) is 31.3 Å². The van der Waals surface area contributed by atoms with Crippen LogP contribution in [0.3, 0.4) is 0 Å². The number of hydrogen-bond acceptors (Lipinski definition) is 2. The minimum absolute atomic E-state index is 0.327. The second kappa shape index (κ2) is 3.19. The van der Waals surface area contributed by atoms with Gasteiger partial charge in [0.05, 0.1) is 0 Å². The van der Waals surface area contributed by atoms with E-state index in [-0.39, 0.29) is 0 Å². The summed E-state index contributed by atoms with van der Waals surface area (Å²) in [5.41, 5.74) is 5.92. The smallest absolute Gasteiger partial charge is 0.103 e. The molecular weight excluding hydrogens is 150 g/mol. The molecule has 1 saturated carbocycles. The molecule has 66 valence electrons. The number of aromatic amines is 1. The Kier molecular flexibility index (Phi) is 2.04. The molecule has 1 fully saturated rings. The molecule has 0 amide bonds. The Morgan fingerprint density at radius 3 is 3.00 bits per heavy atom. The molecule has 2 unspecified atom stereocenters. The molecule has 1 aliphatic carbocycles. The molecule has 1 aromatic rings. The number of anilines is 1. The Bertz CT molecular complexity index is 230. The van der Waals surface area contributed by atoms with Gasteiger partial charge < -0.3 is 16.0 Å². The van der Waals surface area contributed by atoms with Crippen LogP contribution in [0.5, 0.6) is 0 Å². The third kappa shape index (κ3) is 1.46. The zero-order chi connectivity index (χ0) is 8.39. The van der Waals surface area contributed by atoms with E-state index in [4.69, 9.17) is 5.73 Å². The van der Waals surface area contributed by atoms with Gasteiger partial charge in [0.15, 0.2) is 0 Å². The first kappa shape index (κ1) is 7.68. The van der Waals surface area contributed by atoms with Crippen LogP contribution in [0.15, 0.2) is 18.3 Å². The largest absolute Gasteiger partial charge is 0.367 e. The number of H-pyrrole nitrogens is 1. The monoisotopic (exact) mass is 165 g/mol. The van der Waals surface area contributed by atoms with Crippen molar-refractivity contribution in [2.24, 2.45) is 5.73 Å². The molecule has 1 heterocycles. The van der Waals surface area contributed by atoms with Crippen LogP contribution in [-0.2, 0) is 0 Å². The molecule has 0 radical (unpaired) electrons. The molecule has 0 aromatic carbocycles. The standard InChI is InChI=1S/C9H15N3/c10-7-3-1-4-8(7)12-9-5-2-6-11-9/h2,5-8,11-12H,1,3-4,10H2. The van der Waals surface area contributed by atoms with Gasteiger partial charge in [-0.25, -0.2) is 0 Å². The van der Waals surface area contributed by atoms with Gasteiger partial charge in [-0.1, -0.05) is 0 Å². The Balaban J connectivity index is 1.95. The number of hydrogen-bond donors (Lipinski definition) is 3. The van der Waals surface area contributed by atoms with Crippen LogP contribution in [0.4, 0.5) is 5.82 Å². The van der Waals surface area contributed by atoms with E-state index in [1.807, 2.05) is 18.3 Å². The molecule has 12 heavy (non-hydrogen) atoms. The van der Waals surface area contributed by atoms with Crippen LogP contribution in [0.2, 0.25) is 0 Å². The van der Waals surface area contributed by atoms with Crippen molar-refractivity contribution >= 4 is 5.82 Å². The molecule has 2 atom stereocenters. The van der Waals surface area contributed by atoms with Crippen molar-refractivity contribution in [1.29, 1.82) is 0 Å². The average molecular weight is 165 g/mol. The summed E-state index contributed by atoms with van der Waals surface area (Å²) >= 11 is 0. The number of nitrogens with two attached hydrogens (primary N) is 1. The maximum Gasteiger partial charge on any atom is 0.103 e. The molecule has 1 aromatic heterocycles. The molecule has 0 bridgehead atoms.